The highest BCUT2D eigenvalue weighted by atomic mass is 32.2. The molecule has 1 atom stereocenters. The molecule has 32 heavy (non-hydrogen) atoms. The summed E-state index contributed by atoms with van der Waals surface area (Å²) >= 11 is 3.11. The molecule has 164 valence electrons. The van der Waals surface area contributed by atoms with Gasteiger partial charge in [0.25, 0.3) is 5.56 Å². The molecule has 1 aliphatic heterocycles. The van der Waals surface area contributed by atoms with Gasteiger partial charge in [0, 0.05) is 10.6 Å². The SMILES string of the molecule is Cc1ccc(C)c(-n2c(SCC3COc4ccccc4O3)nc3sc(C)c(C)c3c2=O)c1. The van der Waals surface area contributed by atoms with Gasteiger partial charge in [0.1, 0.15) is 17.5 Å². The minimum atomic E-state index is -0.124. The Hall–Kier alpha value is -2.77. The van der Waals surface area contributed by atoms with Gasteiger partial charge in [0.2, 0.25) is 0 Å². The van der Waals surface area contributed by atoms with Crippen LogP contribution in [0.1, 0.15) is 21.6 Å². The third-order valence-corrected chi connectivity index (χ3v) is 7.92. The standard InChI is InChI=1S/C25H24N2O3S2/c1-14-9-10-15(2)19(11-14)27-24(28)22-16(3)17(4)32-23(22)26-25(27)31-13-18-12-29-20-7-5-6-8-21(20)30-18/h5-11,18H,12-13H2,1-4H3. The molecule has 0 bridgehead atoms. The molecule has 0 amide bonds. The molecule has 0 N–H and O–H groups in total. The Labute approximate surface area is 195 Å². The predicted molar refractivity (Wildman–Crippen MR) is 131 cm³/mol. The number of rotatable bonds is 4. The highest BCUT2D eigenvalue weighted by Crippen LogP contribution is 2.34. The first kappa shape index (κ1) is 21.1. The monoisotopic (exact) mass is 464 g/mol. The van der Waals surface area contributed by atoms with Crippen LogP contribution in [-0.4, -0.2) is 28.0 Å². The van der Waals surface area contributed by atoms with E-state index in [9.17, 15) is 4.79 Å². The van der Waals surface area contributed by atoms with Crippen molar-refractivity contribution >= 4 is 33.3 Å². The molecule has 0 saturated carbocycles. The predicted octanol–water partition coefficient (Wildman–Crippen LogP) is 5.61. The smallest absolute Gasteiger partial charge is 0.267 e. The fraction of sp³-hybridized carbons (Fsp3) is 0.280. The van der Waals surface area contributed by atoms with Crippen LogP contribution in [0.15, 0.2) is 52.4 Å². The minimum absolute atomic E-state index is 0.0146. The lowest BCUT2D eigenvalue weighted by atomic mass is 10.1. The van der Waals surface area contributed by atoms with Crippen LogP contribution >= 0.6 is 23.1 Å². The number of aromatic nitrogens is 2. The molecule has 2 aromatic heterocycles. The van der Waals surface area contributed by atoms with Gasteiger partial charge < -0.3 is 9.47 Å². The number of benzene rings is 2. The summed E-state index contributed by atoms with van der Waals surface area (Å²) in [7, 11) is 0. The molecule has 5 rings (SSSR count). The molecule has 1 unspecified atom stereocenters. The van der Waals surface area contributed by atoms with Crippen LogP contribution in [0.25, 0.3) is 15.9 Å². The molecule has 0 aliphatic carbocycles. The second-order valence-corrected chi connectivity index (χ2v) is 10.3. The molecule has 0 fully saturated rings. The maximum absolute atomic E-state index is 13.7. The summed E-state index contributed by atoms with van der Waals surface area (Å²) in [6.45, 7) is 8.58. The van der Waals surface area contributed by atoms with E-state index in [-0.39, 0.29) is 11.7 Å². The van der Waals surface area contributed by atoms with Crippen molar-refractivity contribution in [3.63, 3.8) is 0 Å². The van der Waals surface area contributed by atoms with Crippen molar-refractivity contribution in [3.05, 3.63) is 74.4 Å². The van der Waals surface area contributed by atoms with Crippen molar-refractivity contribution in [3.8, 4) is 17.2 Å². The molecule has 7 heteroatoms. The van der Waals surface area contributed by atoms with Gasteiger partial charge in [0.05, 0.1) is 11.1 Å². The number of thioether (sulfide) groups is 1. The number of thiophene rings is 1. The Morgan fingerprint density at radius 1 is 1.12 bits per heavy atom. The van der Waals surface area contributed by atoms with E-state index in [1.165, 1.54) is 11.8 Å². The summed E-state index contributed by atoms with van der Waals surface area (Å²) < 4.78 is 13.8. The average Bonchev–Trinajstić information content (AvgIpc) is 3.07. The van der Waals surface area contributed by atoms with Crippen LogP contribution in [0.2, 0.25) is 0 Å². The molecule has 5 nitrogen and oxygen atoms in total. The van der Waals surface area contributed by atoms with Crippen LogP contribution in [0.4, 0.5) is 0 Å². The van der Waals surface area contributed by atoms with Crippen LogP contribution in [0.5, 0.6) is 11.5 Å². The van der Waals surface area contributed by atoms with Crippen LogP contribution in [0.3, 0.4) is 0 Å². The van der Waals surface area contributed by atoms with Gasteiger partial charge >= 0.3 is 0 Å². The van der Waals surface area contributed by atoms with Crippen LogP contribution < -0.4 is 15.0 Å². The molecular weight excluding hydrogens is 440 g/mol. The van der Waals surface area contributed by atoms with Crippen LogP contribution in [0, 0.1) is 27.7 Å². The Morgan fingerprint density at radius 3 is 2.72 bits per heavy atom. The lowest BCUT2D eigenvalue weighted by Crippen LogP contribution is -2.31. The van der Waals surface area contributed by atoms with E-state index >= 15 is 0 Å². The number of para-hydroxylation sites is 2. The zero-order valence-corrected chi connectivity index (χ0v) is 20.1. The van der Waals surface area contributed by atoms with E-state index in [0.29, 0.717) is 22.9 Å². The first-order valence-corrected chi connectivity index (χ1v) is 12.3. The zero-order chi connectivity index (χ0) is 22.4. The van der Waals surface area contributed by atoms with E-state index in [0.717, 1.165) is 43.6 Å². The first-order valence-electron chi connectivity index (χ1n) is 10.5. The highest BCUT2D eigenvalue weighted by molar-refractivity contribution is 7.99. The maximum Gasteiger partial charge on any atom is 0.267 e. The lowest BCUT2D eigenvalue weighted by molar-refractivity contribution is 0.107. The van der Waals surface area contributed by atoms with Crippen molar-refractivity contribution < 1.29 is 9.47 Å². The molecule has 3 heterocycles. The highest BCUT2D eigenvalue weighted by Gasteiger charge is 2.24. The van der Waals surface area contributed by atoms with Gasteiger partial charge in [0.15, 0.2) is 16.7 Å². The fourth-order valence-electron chi connectivity index (χ4n) is 3.86. The summed E-state index contributed by atoms with van der Waals surface area (Å²) in [6.07, 6.45) is -0.124. The van der Waals surface area contributed by atoms with Crippen LogP contribution in [-0.2, 0) is 0 Å². The maximum atomic E-state index is 13.7. The second-order valence-electron chi connectivity index (χ2n) is 8.10. The van der Waals surface area contributed by atoms with Crippen molar-refractivity contribution in [2.75, 3.05) is 12.4 Å². The lowest BCUT2D eigenvalue weighted by Gasteiger charge is -2.26. The summed E-state index contributed by atoms with van der Waals surface area (Å²) in [4.78, 5) is 20.6. The van der Waals surface area contributed by atoms with Gasteiger partial charge in [-0.15, -0.1) is 11.3 Å². The second kappa shape index (κ2) is 8.30. The quantitative estimate of drug-likeness (QED) is 0.290. The molecule has 4 aromatic rings. The summed E-state index contributed by atoms with van der Waals surface area (Å²) in [5, 5.41) is 1.39. The minimum Gasteiger partial charge on any atom is -0.486 e. The molecule has 1 aliphatic rings. The van der Waals surface area contributed by atoms with Crippen molar-refractivity contribution in [2.24, 2.45) is 0 Å². The number of aryl methyl sites for hydroxylation is 4. The number of fused-ring (bicyclic) bond motifs is 2. The van der Waals surface area contributed by atoms with E-state index < -0.39 is 0 Å². The van der Waals surface area contributed by atoms with Crippen molar-refractivity contribution in [1.29, 1.82) is 0 Å². The van der Waals surface area contributed by atoms with E-state index in [2.05, 4.69) is 18.2 Å². The van der Waals surface area contributed by atoms with Gasteiger partial charge in [-0.05, 0) is 62.6 Å². The zero-order valence-electron chi connectivity index (χ0n) is 18.5. The normalized spacial score (nSPS) is 15.3. The third-order valence-electron chi connectivity index (χ3n) is 5.74. The number of nitrogens with zero attached hydrogens (tertiary/aromatic N) is 2. The third kappa shape index (κ3) is 3.69. The molecule has 0 spiro atoms. The number of hydrogen-bond acceptors (Lipinski definition) is 6. The molecular formula is C25H24N2O3S2. The largest absolute Gasteiger partial charge is 0.486 e. The van der Waals surface area contributed by atoms with Gasteiger partial charge in [-0.1, -0.05) is 36.0 Å². The number of ether oxygens (including phenoxy) is 2. The molecule has 0 saturated heterocycles. The number of hydrogen-bond donors (Lipinski definition) is 0. The topological polar surface area (TPSA) is 53.4 Å². The Balaban J connectivity index is 1.56. The van der Waals surface area contributed by atoms with E-state index in [1.807, 2.05) is 52.0 Å². The molecule has 0 radical (unpaired) electrons. The summed E-state index contributed by atoms with van der Waals surface area (Å²) in [5.74, 6) is 2.15. The fourth-order valence-corrected chi connectivity index (χ4v) is 5.90. The summed E-state index contributed by atoms with van der Waals surface area (Å²) in [6, 6.07) is 13.9. The Kier molecular flexibility index (Phi) is 5.47. The van der Waals surface area contributed by atoms with Crippen molar-refractivity contribution in [2.45, 2.75) is 39.0 Å². The first-order chi connectivity index (χ1) is 15.4. The van der Waals surface area contributed by atoms with E-state index in [1.54, 1.807) is 15.9 Å². The Bertz CT molecular complexity index is 1390. The van der Waals surface area contributed by atoms with Gasteiger partial charge in [-0.3, -0.25) is 9.36 Å². The summed E-state index contributed by atoms with van der Waals surface area (Å²) in [5.41, 5.74) is 4.02. The van der Waals surface area contributed by atoms with E-state index in [4.69, 9.17) is 14.5 Å². The van der Waals surface area contributed by atoms with Gasteiger partial charge in [-0.2, -0.15) is 0 Å². The molecule has 2 aromatic carbocycles. The Morgan fingerprint density at radius 2 is 1.91 bits per heavy atom. The van der Waals surface area contributed by atoms with Gasteiger partial charge in [-0.25, -0.2) is 4.98 Å². The van der Waals surface area contributed by atoms with Crippen molar-refractivity contribution in [1.82, 2.24) is 9.55 Å². The average molecular weight is 465 g/mol.